The third-order valence-corrected chi connectivity index (χ3v) is 7.98. The predicted molar refractivity (Wildman–Crippen MR) is 140 cm³/mol. The van der Waals surface area contributed by atoms with Gasteiger partial charge in [-0.1, -0.05) is 18.2 Å². The molecule has 35 heavy (non-hydrogen) atoms. The van der Waals surface area contributed by atoms with Gasteiger partial charge in [0.25, 0.3) is 5.91 Å². The number of aromatic nitrogens is 1. The Morgan fingerprint density at radius 3 is 2.26 bits per heavy atom. The van der Waals surface area contributed by atoms with Crippen LogP contribution in [0.4, 0.5) is 11.4 Å². The molecule has 0 spiro atoms. The van der Waals surface area contributed by atoms with Gasteiger partial charge in [0.2, 0.25) is 10.0 Å². The van der Waals surface area contributed by atoms with E-state index >= 15 is 0 Å². The van der Waals surface area contributed by atoms with Gasteiger partial charge in [-0.3, -0.25) is 9.10 Å². The van der Waals surface area contributed by atoms with Crippen LogP contribution in [0.15, 0.2) is 54.6 Å². The van der Waals surface area contributed by atoms with Crippen LogP contribution < -0.4 is 19.1 Å². The van der Waals surface area contributed by atoms with E-state index in [0.717, 1.165) is 32.7 Å². The van der Waals surface area contributed by atoms with Crippen molar-refractivity contribution in [2.45, 2.75) is 20.4 Å². The Morgan fingerprint density at radius 1 is 0.943 bits per heavy atom. The van der Waals surface area contributed by atoms with Gasteiger partial charge in [-0.2, -0.15) is 0 Å². The number of rotatable bonds is 8. The normalized spacial score (nSPS) is 11.6. The van der Waals surface area contributed by atoms with Gasteiger partial charge in [-0.15, -0.1) is 0 Å². The van der Waals surface area contributed by atoms with Gasteiger partial charge >= 0.3 is 0 Å². The molecular formula is C26H29N3O5S. The minimum absolute atomic E-state index is 0.114. The van der Waals surface area contributed by atoms with E-state index in [1.807, 2.05) is 30.3 Å². The first-order valence-corrected chi connectivity index (χ1v) is 12.9. The minimum Gasteiger partial charge on any atom is -0.493 e. The van der Waals surface area contributed by atoms with Gasteiger partial charge in [-0.25, -0.2) is 8.42 Å². The fourth-order valence-electron chi connectivity index (χ4n) is 4.32. The van der Waals surface area contributed by atoms with Crippen molar-refractivity contribution in [3.05, 3.63) is 60.2 Å². The lowest BCUT2D eigenvalue weighted by molar-refractivity contribution is 0.102. The Morgan fingerprint density at radius 2 is 1.60 bits per heavy atom. The summed E-state index contributed by atoms with van der Waals surface area (Å²) in [6.45, 7) is 4.47. The summed E-state index contributed by atoms with van der Waals surface area (Å²) >= 11 is 0. The van der Waals surface area contributed by atoms with Crippen molar-refractivity contribution < 1.29 is 22.7 Å². The number of hydrogen-bond donors (Lipinski definition) is 1. The quantitative estimate of drug-likeness (QED) is 0.377. The molecule has 9 heteroatoms. The number of fused-ring (bicyclic) bond motifs is 3. The lowest BCUT2D eigenvalue weighted by Gasteiger charge is -2.23. The van der Waals surface area contributed by atoms with E-state index < -0.39 is 15.9 Å². The number of sulfonamides is 1. The molecule has 0 aliphatic rings. The van der Waals surface area contributed by atoms with Crippen LogP contribution in [0.3, 0.4) is 0 Å². The summed E-state index contributed by atoms with van der Waals surface area (Å²) in [7, 11) is 0.713. The molecule has 184 valence electrons. The Balaban J connectivity index is 1.80. The second-order valence-corrected chi connectivity index (χ2v) is 10.3. The van der Waals surface area contributed by atoms with Crippen LogP contribution in [-0.2, 0) is 16.6 Å². The molecule has 1 heterocycles. The van der Waals surface area contributed by atoms with E-state index in [2.05, 4.69) is 28.9 Å². The van der Waals surface area contributed by atoms with Crippen LogP contribution in [0.5, 0.6) is 11.5 Å². The topological polar surface area (TPSA) is 89.9 Å². The fourth-order valence-corrected chi connectivity index (χ4v) is 5.16. The number of nitrogens with one attached hydrogen (secondary N) is 1. The Bertz CT molecular complexity index is 1530. The molecule has 4 aromatic rings. The molecule has 1 aromatic heterocycles. The summed E-state index contributed by atoms with van der Waals surface area (Å²) in [4.78, 5) is 13.4. The van der Waals surface area contributed by atoms with Crippen LogP contribution in [0.2, 0.25) is 0 Å². The minimum atomic E-state index is -3.62. The van der Waals surface area contributed by atoms with Gasteiger partial charge < -0.3 is 19.4 Å². The Hall–Kier alpha value is -3.72. The zero-order valence-electron chi connectivity index (χ0n) is 20.5. The number of hydrogen-bond acceptors (Lipinski definition) is 5. The van der Waals surface area contributed by atoms with Gasteiger partial charge in [0.15, 0.2) is 11.5 Å². The number of anilines is 2. The SMILES string of the molecule is CCn1c2ccccc2c2cc(NC(=O)c3cc(OC)c(OC)cc3N(C)S(=O)(=O)CC)ccc21. The molecule has 0 bridgehead atoms. The van der Waals surface area contributed by atoms with Gasteiger partial charge in [0.05, 0.1) is 31.2 Å². The first-order chi connectivity index (χ1) is 16.7. The summed E-state index contributed by atoms with van der Waals surface area (Å²) in [6, 6.07) is 16.9. The van der Waals surface area contributed by atoms with Gasteiger partial charge in [-0.05, 0) is 44.2 Å². The Kier molecular flexibility index (Phi) is 6.62. The van der Waals surface area contributed by atoms with Gasteiger partial charge in [0, 0.05) is 47.2 Å². The van der Waals surface area contributed by atoms with Crippen molar-refractivity contribution in [1.29, 1.82) is 0 Å². The van der Waals surface area contributed by atoms with Crippen LogP contribution in [-0.4, -0.2) is 45.9 Å². The molecule has 0 fully saturated rings. The third-order valence-electron chi connectivity index (χ3n) is 6.21. The van der Waals surface area contributed by atoms with Crippen molar-refractivity contribution in [1.82, 2.24) is 4.57 Å². The first-order valence-electron chi connectivity index (χ1n) is 11.3. The highest BCUT2D eigenvalue weighted by Crippen LogP contribution is 2.37. The van der Waals surface area contributed by atoms with E-state index in [4.69, 9.17) is 9.47 Å². The second kappa shape index (κ2) is 9.50. The maximum Gasteiger partial charge on any atom is 0.257 e. The molecule has 3 aromatic carbocycles. The molecule has 8 nitrogen and oxygen atoms in total. The summed E-state index contributed by atoms with van der Waals surface area (Å²) in [5.74, 6) is 0.0747. The van der Waals surface area contributed by atoms with Crippen molar-refractivity contribution >= 4 is 49.1 Å². The number of para-hydroxylation sites is 1. The van der Waals surface area contributed by atoms with E-state index in [1.54, 1.807) is 6.92 Å². The highest BCUT2D eigenvalue weighted by atomic mass is 32.2. The standard InChI is InChI=1S/C26H29N3O5S/c1-6-29-21-11-9-8-10-18(21)19-14-17(12-13-22(19)29)27-26(30)20-15-24(33-4)25(34-5)16-23(20)28(3)35(31,32)7-2/h8-16H,6-7H2,1-5H3,(H,27,30). The number of amides is 1. The summed E-state index contributed by atoms with van der Waals surface area (Å²) in [5, 5.41) is 5.05. The average Bonchev–Trinajstić information content (AvgIpc) is 3.20. The average molecular weight is 496 g/mol. The maximum absolute atomic E-state index is 13.4. The van der Waals surface area contributed by atoms with E-state index in [0.29, 0.717) is 17.2 Å². The van der Waals surface area contributed by atoms with Crippen molar-refractivity contribution in [2.75, 3.05) is 36.6 Å². The molecule has 0 aliphatic heterocycles. The lowest BCUT2D eigenvalue weighted by Crippen LogP contribution is -2.30. The van der Waals surface area contributed by atoms with Crippen molar-refractivity contribution in [3.8, 4) is 11.5 Å². The summed E-state index contributed by atoms with van der Waals surface area (Å²) < 4.78 is 39.3. The van der Waals surface area contributed by atoms with Crippen molar-refractivity contribution in [3.63, 3.8) is 0 Å². The molecule has 0 saturated heterocycles. The monoisotopic (exact) mass is 495 g/mol. The zero-order chi connectivity index (χ0) is 25.3. The van der Waals surface area contributed by atoms with Gasteiger partial charge in [0.1, 0.15) is 0 Å². The number of ether oxygens (including phenoxy) is 2. The largest absolute Gasteiger partial charge is 0.493 e. The molecule has 0 radical (unpaired) electrons. The number of carbonyl (C=O) groups excluding carboxylic acids is 1. The van der Waals surface area contributed by atoms with Crippen LogP contribution in [0.1, 0.15) is 24.2 Å². The summed E-state index contributed by atoms with van der Waals surface area (Å²) in [6.07, 6.45) is 0. The summed E-state index contributed by atoms with van der Waals surface area (Å²) in [5.41, 5.74) is 3.15. The molecule has 0 saturated carbocycles. The molecule has 1 amide bonds. The van der Waals surface area contributed by atoms with E-state index in [9.17, 15) is 13.2 Å². The number of methoxy groups -OCH3 is 2. The van der Waals surface area contributed by atoms with E-state index in [-0.39, 0.29) is 17.0 Å². The predicted octanol–water partition coefficient (Wildman–Crippen LogP) is 4.87. The van der Waals surface area contributed by atoms with Crippen molar-refractivity contribution in [2.24, 2.45) is 0 Å². The molecule has 4 rings (SSSR count). The Labute approximate surface area is 205 Å². The zero-order valence-corrected chi connectivity index (χ0v) is 21.3. The third kappa shape index (κ3) is 4.27. The smallest absolute Gasteiger partial charge is 0.257 e. The number of carbonyl (C=O) groups is 1. The maximum atomic E-state index is 13.4. The number of aryl methyl sites for hydroxylation is 1. The van der Waals surface area contributed by atoms with Crippen LogP contribution in [0, 0.1) is 0 Å². The molecule has 0 unspecified atom stereocenters. The second-order valence-electron chi connectivity index (χ2n) is 8.04. The first kappa shape index (κ1) is 24.4. The molecule has 0 aliphatic carbocycles. The van der Waals surface area contributed by atoms with Crippen LogP contribution >= 0.6 is 0 Å². The van der Waals surface area contributed by atoms with E-state index in [1.165, 1.54) is 33.4 Å². The lowest BCUT2D eigenvalue weighted by atomic mass is 10.1. The van der Waals surface area contributed by atoms with Crippen LogP contribution in [0.25, 0.3) is 21.8 Å². The molecule has 0 atom stereocenters. The highest BCUT2D eigenvalue weighted by Gasteiger charge is 2.25. The molecule has 1 N–H and O–H groups in total. The number of benzene rings is 3. The number of nitrogens with zero attached hydrogens (tertiary/aromatic N) is 2. The fraction of sp³-hybridized carbons (Fsp3) is 0.269. The highest BCUT2D eigenvalue weighted by molar-refractivity contribution is 7.92. The molecular weight excluding hydrogens is 466 g/mol.